The van der Waals surface area contributed by atoms with Crippen LogP contribution in [-0.4, -0.2) is 15.9 Å². The topological polar surface area (TPSA) is 68.0 Å². The van der Waals surface area contributed by atoms with Crippen LogP contribution in [0.25, 0.3) is 28.1 Å². The maximum atomic E-state index is 12.2. The Balaban J connectivity index is 1.55. The van der Waals surface area contributed by atoms with Crippen molar-refractivity contribution in [2.24, 2.45) is 0 Å². The Bertz CT molecular complexity index is 1110. The number of hydrogen-bond acceptors (Lipinski definition) is 4. The minimum atomic E-state index is -0.219. The van der Waals surface area contributed by atoms with E-state index in [0.717, 1.165) is 22.0 Å². The number of pyridine rings is 1. The fraction of sp³-hybridized carbons (Fsp3) is 0.0500. The van der Waals surface area contributed by atoms with Crippen molar-refractivity contribution in [1.82, 2.24) is 9.97 Å². The second kappa shape index (κ2) is 6.20. The fourth-order valence-corrected chi connectivity index (χ4v) is 2.73. The summed E-state index contributed by atoms with van der Waals surface area (Å²) in [6.07, 6.45) is 5.01. The van der Waals surface area contributed by atoms with Crippen LogP contribution in [0.1, 0.15) is 11.5 Å². The number of nitrogens with zero attached hydrogens (tertiary/aromatic N) is 2. The molecule has 5 heteroatoms. The van der Waals surface area contributed by atoms with Gasteiger partial charge in [0, 0.05) is 41.9 Å². The molecule has 4 aromatic rings. The summed E-state index contributed by atoms with van der Waals surface area (Å²) < 4.78 is 5.48. The van der Waals surface area contributed by atoms with E-state index in [-0.39, 0.29) is 5.91 Å². The van der Waals surface area contributed by atoms with Crippen molar-refractivity contribution >= 4 is 39.7 Å². The SMILES string of the molecule is Cc1nc2ccc(NC(=O)C=Cc3cccc4cccnc34)cc2o1. The van der Waals surface area contributed by atoms with Gasteiger partial charge in [0.05, 0.1) is 5.52 Å². The molecule has 0 aliphatic rings. The third-order valence-electron chi connectivity index (χ3n) is 3.84. The van der Waals surface area contributed by atoms with Crippen molar-refractivity contribution in [1.29, 1.82) is 0 Å². The lowest BCUT2D eigenvalue weighted by molar-refractivity contribution is -0.111. The first-order chi connectivity index (χ1) is 12.2. The number of carbonyl (C=O) groups is 1. The van der Waals surface area contributed by atoms with Crippen molar-refractivity contribution in [3.63, 3.8) is 0 Å². The number of anilines is 1. The fourth-order valence-electron chi connectivity index (χ4n) is 2.73. The van der Waals surface area contributed by atoms with E-state index in [2.05, 4.69) is 15.3 Å². The van der Waals surface area contributed by atoms with Crippen molar-refractivity contribution in [3.8, 4) is 0 Å². The summed E-state index contributed by atoms with van der Waals surface area (Å²) in [6, 6.07) is 15.1. The molecule has 25 heavy (non-hydrogen) atoms. The highest BCUT2D eigenvalue weighted by atomic mass is 16.3. The maximum Gasteiger partial charge on any atom is 0.248 e. The number of para-hydroxylation sites is 1. The van der Waals surface area contributed by atoms with Gasteiger partial charge in [-0.15, -0.1) is 0 Å². The zero-order valence-electron chi connectivity index (χ0n) is 13.6. The van der Waals surface area contributed by atoms with Gasteiger partial charge < -0.3 is 9.73 Å². The highest BCUT2D eigenvalue weighted by Crippen LogP contribution is 2.20. The molecular formula is C20H15N3O2. The lowest BCUT2D eigenvalue weighted by Crippen LogP contribution is -2.07. The van der Waals surface area contributed by atoms with Crippen LogP contribution in [0, 0.1) is 6.92 Å². The number of amides is 1. The first-order valence-electron chi connectivity index (χ1n) is 7.89. The number of aromatic nitrogens is 2. The molecule has 2 aromatic carbocycles. The molecular weight excluding hydrogens is 314 g/mol. The van der Waals surface area contributed by atoms with Gasteiger partial charge in [0.1, 0.15) is 5.52 Å². The van der Waals surface area contributed by atoms with Crippen LogP contribution in [0.2, 0.25) is 0 Å². The summed E-state index contributed by atoms with van der Waals surface area (Å²) in [7, 11) is 0. The van der Waals surface area contributed by atoms with Crippen LogP contribution >= 0.6 is 0 Å². The molecule has 0 bridgehead atoms. The molecule has 0 aliphatic heterocycles. The number of rotatable bonds is 3. The summed E-state index contributed by atoms with van der Waals surface area (Å²) >= 11 is 0. The van der Waals surface area contributed by atoms with E-state index >= 15 is 0 Å². The molecule has 0 aliphatic carbocycles. The Kier molecular flexibility index (Phi) is 3.74. The molecule has 0 unspecified atom stereocenters. The molecule has 2 aromatic heterocycles. The monoisotopic (exact) mass is 329 g/mol. The standard InChI is InChI=1S/C20H15N3O2/c1-13-22-17-9-8-16(12-18(17)25-13)23-19(24)10-7-15-5-2-4-14-6-3-11-21-20(14)15/h2-12H,1H3,(H,23,24). The summed E-state index contributed by atoms with van der Waals surface area (Å²) in [5.74, 6) is 0.380. The van der Waals surface area contributed by atoms with Crippen LogP contribution < -0.4 is 5.32 Å². The van der Waals surface area contributed by atoms with Crippen LogP contribution in [0.3, 0.4) is 0 Å². The number of aryl methyl sites for hydroxylation is 1. The Morgan fingerprint density at radius 1 is 1.16 bits per heavy atom. The van der Waals surface area contributed by atoms with Crippen molar-refractivity contribution in [2.45, 2.75) is 6.92 Å². The molecule has 1 amide bonds. The van der Waals surface area contributed by atoms with Crippen molar-refractivity contribution < 1.29 is 9.21 Å². The molecule has 1 N–H and O–H groups in total. The summed E-state index contributed by atoms with van der Waals surface area (Å²) in [6.45, 7) is 1.79. The Hall–Kier alpha value is -3.47. The van der Waals surface area contributed by atoms with Gasteiger partial charge in [-0.05, 0) is 24.3 Å². The summed E-state index contributed by atoms with van der Waals surface area (Å²) in [5.41, 5.74) is 3.85. The quantitative estimate of drug-likeness (QED) is 0.568. The zero-order chi connectivity index (χ0) is 17.2. The van der Waals surface area contributed by atoms with E-state index in [1.54, 1.807) is 31.3 Å². The molecule has 0 fully saturated rings. The van der Waals surface area contributed by atoms with E-state index < -0.39 is 0 Å². The van der Waals surface area contributed by atoms with Crippen LogP contribution in [-0.2, 0) is 4.79 Å². The highest BCUT2D eigenvalue weighted by Gasteiger charge is 2.05. The first kappa shape index (κ1) is 15.1. The lowest BCUT2D eigenvalue weighted by Gasteiger charge is -2.02. The predicted octanol–water partition coefficient (Wildman–Crippen LogP) is 4.34. The normalized spacial score (nSPS) is 11.4. The van der Waals surface area contributed by atoms with Crippen LogP contribution in [0.15, 0.2) is 65.2 Å². The second-order valence-corrected chi connectivity index (χ2v) is 5.66. The van der Waals surface area contributed by atoms with Gasteiger partial charge in [-0.3, -0.25) is 9.78 Å². The van der Waals surface area contributed by atoms with E-state index in [1.165, 1.54) is 6.08 Å². The molecule has 2 heterocycles. The number of oxazole rings is 1. The van der Waals surface area contributed by atoms with Crippen LogP contribution in [0.4, 0.5) is 5.69 Å². The third kappa shape index (κ3) is 3.12. The third-order valence-corrected chi connectivity index (χ3v) is 3.84. The number of nitrogens with one attached hydrogen (secondary N) is 1. The van der Waals surface area contributed by atoms with Gasteiger partial charge in [-0.2, -0.15) is 0 Å². The molecule has 122 valence electrons. The zero-order valence-corrected chi connectivity index (χ0v) is 13.6. The van der Waals surface area contributed by atoms with Crippen molar-refractivity contribution in [3.05, 3.63) is 72.3 Å². The summed E-state index contributed by atoms with van der Waals surface area (Å²) in [5, 5.41) is 3.87. The van der Waals surface area contributed by atoms with Gasteiger partial charge in [0.15, 0.2) is 11.5 Å². The maximum absolute atomic E-state index is 12.2. The number of benzene rings is 2. The lowest BCUT2D eigenvalue weighted by atomic mass is 10.1. The molecule has 0 radical (unpaired) electrons. The molecule has 0 spiro atoms. The summed E-state index contributed by atoms with van der Waals surface area (Å²) in [4.78, 5) is 20.8. The average molecular weight is 329 g/mol. The molecule has 5 nitrogen and oxygen atoms in total. The van der Waals surface area contributed by atoms with E-state index in [9.17, 15) is 4.79 Å². The van der Waals surface area contributed by atoms with Crippen molar-refractivity contribution in [2.75, 3.05) is 5.32 Å². The molecule has 4 rings (SSSR count). The molecule has 0 saturated carbocycles. The number of fused-ring (bicyclic) bond motifs is 2. The first-order valence-corrected chi connectivity index (χ1v) is 7.89. The van der Waals surface area contributed by atoms with E-state index in [1.807, 2.05) is 36.4 Å². The van der Waals surface area contributed by atoms with E-state index in [4.69, 9.17) is 4.42 Å². The Labute approximate surface area is 144 Å². The van der Waals surface area contributed by atoms with Gasteiger partial charge in [-0.1, -0.05) is 24.3 Å². The van der Waals surface area contributed by atoms with Gasteiger partial charge in [-0.25, -0.2) is 4.98 Å². The average Bonchev–Trinajstić information content (AvgIpc) is 2.99. The molecule has 0 saturated heterocycles. The largest absolute Gasteiger partial charge is 0.441 e. The number of hydrogen-bond donors (Lipinski definition) is 1. The van der Waals surface area contributed by atoms with E-state index in [0.29, 0.717) is 17.2 Å². The predicted molar refractivity (Wildman–Crippen MR) is 98.2 cm³/mol. The van der Waals surface area contributed by atoms with Crippen LogP contribution in [0.5, 0.6) is 0 Å². The smallest absolute Gasteiger partial charge is 0.248 e. The Morgan fingerprint density at radius 3 is 2.96 bits per heavy atom. The number of carbonyl (C=O) groups excluding carboxylic acids is 1. The second-order valence-electron chi connectivity index (χ2n) is 5.66. The highest BCUT2D eigenvalue weighted by molar-refractivity contribution is 6.03. The van der Waals surface area contributed by atoms with Gasteiger partial charge in [0.25, 0.3) is 0 Å². The van der Waals surface area contributed by atoms with Gasteiger partial charge in [0.2, 0.25) is 5.91 Å². The minimum absolute atomic E-state index is 0.219. The molecule has 0 atom stereocenters. The minimum Gasteiger partial charge on any atom is -0.441 e. The Morgan fingerprint density at radius 2 is 2.04 bits per heavy atom. The van der Waals surface area contributed by atoms with Gasteiger partial charge >= 0.3 is 0 Å².